The second kappa shape index (κ2) is 4.86. The van der Waals surface area contributed by atoms with Crippen LogP contribution >= 0.6 is 0 Å². The van der Waals surface area contributed by atoms with Gasteiger partial charge in [-0.05, 0) is 43.6 Å². The van der Waals surface area contributed by atoms with Crippen molar-refractivity contribution in [1.82, 2.24) is 4.90 Å². The first kappa shape index (κ1) is 13.9. The van der Waals surface area contributed by atoms with Crippen LogP contribution in [0.5, 0.6) is 0 Å². The van der Waals surface area contributed by atoms with Gasteiger partial charge in [0.2, 0.25) is 0 Å². The third-order valence-electron chi connectivity index (χ3n) is 5.60. The first-order valence-electron chi connectivity index (χ1n) is 8.09. The molecule has 1 aromatic rings. The summed E-state index contributed by atoms with van der Waals surface area (Å²) in [5.41, 5.74) is 0.832. The summed E-state index contributed by atoms with van der Waals surface area (Å²) in [7, 11) is 1.45. The quantitative estimate of drug-likeness (QED) is 0.805. The number of furan rings is 1. The van der Waals surface area contributed by atoms with Crippen LogP contribution in [0.2, 0.25) is 0 Å². The second-order valence-electron chi connectivity index (χ2n) is 6.91. The van der Waals surface area contributed by atoms with E-state index in [4.69, 9.17) is 9.15 Å². The van der Waals surface area contributed by atoms with Crippen LogP contribution < -0.4 is 0 Å². The standard InChI is InChI=1S/C17H21NO4/c1-21-16(20)13-10-17(13)5-7-18(8-6-17)15(19)12-4-9-22-14(12)11-2-3-11/h4,9,11,13H,2-3,5-8,10H2,1H3. The minimum Gasteiger partial charge on any atom is -0.469 e. The normalized spacial score (nSPS) is 26.0. The minimum atomic E-state index is -0.0920. The van der Waals surface area contributed by atoms with Gasteiger partial charge < -0.3 is 14.1 Å². The molecule has 2 saturated carbocycles. The molecule has 5 nitrogen and oxygen atoms in total. The molecule has 2 aliphatic carbocycles. The van der Waals surface area contributed by atoms with Gasteiger partial charge in [-0.25, -0.2) is 0 Å². The maximum atomic E-state index is 12.7. The van der Waals surface area contributed by atoms with Crippen LogP contribution in [0.3, 0.4) is 0 Å². The largest absolute Gasteiger partial charge is 0.469 e. The van der Waals surface area contributed by atoms with E-state index in [1.54, 1.807) is 12.3 Å². The molecule has 1 aliphatic heterocycles. The Hall–Kier alpha value is -1.78. The Balaban J connectivity index is 1.41. The van der Waals surface area contributed by atoms with Crippen molar-refractivity contribution >= 4 is 11.9 Å². The molecule has 1 unspecified atom stereocenters. The van der Waals surface area contributed by atoms with Crippen molar-refractivity contribution in [3.63, 3.8) is 0 Å². The fourth-order valence-corrected chi connectivity index (χ4v) is 3.86. The van der Waals surface area contributed by atoms with Gasteiger partial charge in [0.05, 0.1) is 24.9 Å². The van der Waals surface area contributed by atoms with Gasteiger partial charge in [0, 0.05) is 19.0 Å². The summed E-state index contributed by atoms with van der Waals surface area (Å²) >= 11 is 0. The predicted octanol–water partition coefficient (Wildman–Crippen LogP) is 2.57. The smallest absolute Gasteiger partial charge is 0.309 e. The average Bonchev–Trinajstić information content (AvgIpc) is 3.46. The number of esters is 1. The molecule has 0 radical (unpaired) electrons. The van der Waals surface area contributed by atoms with Gasteiger partial charge in [-0.2, -0.15) is 0 Å². The van der Waals surface area contributed by atoms with Gasteiger partial charge in [0.1, 0.15) is 5.76 Å². The fourth-order valence-electron chi connectivity index (χ4n) is 3.86. The van der Waals surface area contributed by atoms with Crippen molar-refractivity contribution in [3.8, 4) is 0 Å². The van der Waals surface area contributed by atoms with Crippen molar-refractivity contribution in [3.05, 3.63) is 23.7 Å². The zero-order chi connectivity index (χ0) is 15.3. The molecular weight excluding hydrogens is 282 g/mol. The molecule has 1 atom stereocenters. The molecule has 2 heterocycles. The molecule has 4 rings (SSSR count). The Morgan fingerprint density at radius 2 is 2.05 bits per heavy atom. The molecule has 3 fully saturated rings. The van der Waals surface area contributed by atoms with Gasteiger partial charge in [0.15, 0.2) is 0 Å². The summed E-state index contributed by atoms with van der Waals surface area (Å²) < 4.78 is 10.4. The molecule has 5 heteroatoms. The summed E-state index contributed by atoms with van der Waals surface area (Å²) in [6.45, 7) is 1.45. The van der Waals surface area contributed by atoms with E-state index in [2.05, 4.69) is 0 Å². The van der Waals surface area contributed by atoms with Crippen LogP contribution in [0.1, 0.15) is 54.1 Å². The molecule has 1 amide bonds. The van der Waals surface area contributed by atoms with Crippen molar-refractivity contribution in [2.24, 2.45) is 11.3 Å². The highest BCUT2D eigenvalue weighted by molar-refractivity contribution is 5.95. The summed E-state index contributed by atoms with van der Waals surface area (Å²) in [6.07, 6.45) is 6.58. The molecule has 3 aliphatic rings. The third kappa shape index (κ3) is 2.14. The second-order valence-corrected chi connectivity index (χ2v) is 6.91. The van der Waals surface area contributed by atoms with E-state index in [1.807, 2.05) is 4.90 Å². The number of hydrogen-bond acceptors (Lipinski definition) is 4. The molecule has 0 N–H and O–H groups in total. The number of carbonyl (C=O) groups excluding carboxylic acids is 2. The van der Waals surface area contributed by atoms with Crippen molar-refractivity contribution < 1.29 is 18.7 Å². The number of likely N-dealkylation sites (tertiary alicyclic amines) is 1. The Kier molecular flexibility index (Phi) is 3.06. The third-order valence-corrected chi connectivity index (χ3v) is 5.60. The Morgan fingerprint density at radius 3 is 2.68 bits per heavy atom. The molecular formula is C17H21NO4. The summed E-state index contributed by atoms with van der Waals surface area (Å²) in [6, 6.07) is 1.80. The number of rotatable bonds is 3. The fraction of sp³-hybridized carbons (Fsp3) is 0.647. The van der Waals surface area contributed by atoms with Gasteiger partial charge >= 0.3 is 5.97 Å². The van der Waals surface area contributed by atoms with Crippen LogP contribution in [0.15, 0.2) is 16.7 Å². The monoisotopic (exact) mass is 303 g/mol. The Morgan fingerprint density at radius 1 is 1.32 bits per heavy atom. The highest BCUT2D eigenvalue weighted by Gasteiger charge is 2.59. The van der Waals surface area contributed by atoms with Crippen molar-refractivity contribution in [1.29, 1.82) is 0 Å². The Bertz CT molecular complexity index is 608. The summed E-state index contributed by atoms with van der Waals surface area (Å²) in [5, 5.41) is 0. The SMILES string of the molecule is COC(=O)C1CC12CCN(C(=O)c1ccoc1C1CC1)CC2. The first-order valence-corrected chi connectivity index (χ1v) is 8.09. The van der Waals surface area contributed by atoms with Crippen LogP contribution in [0, 0.1) is 11.3 Å². The highest BCUT2D eigenvalue weighted by atomic mass is 16.5. The van der Waals surface area contributed by atoms with E-state index < -0.39 is 0 Å². The summed E-state index contributed by atoms with van der Waals surface area (Å²) in [4.78, 5) is 26.3. The first-order chi connectivity index (χ1) is 10.6. The number of piperidine rings is 1. The zero-order valence-electron chi connectivity index (χ0n) is 12.8. The van der Waals surface area contributed by atoms with Gasteiger partial charge in [0.25, 0.3) is 5.91 Å². The van der Waals surface area contributed by atoms with Crippen LogP contribution in [-0.4, -0.2) is 37.0 Å². The number of carbonyl (C=O) groups is 2. The van der Waals surface area contributed by atoms with Gasteiger partial charge in [-0.1, -0.05) is 0 Å². The van der Waals surface area contributed by atoms with E-state index in [0.29, 0.717) is 5.92 Å². The van der Waals surface area contributed by atoms with E-state index in [0.717, 1.165) is 56.5 Å². The van der Waals surface area contributed by atoms with Gasteiger partial charge in [-0.15, -0.1) is 0 Å². The minimum absolute atomic E-state index is 0.0469. The van der Waals surface area contributed by atoms with E-state index >= 15 is 0 Å². The molecule has 0 aromatic carbocycles. The maximum Gasteiger partial charge on any atom is 0.309 e. The predicted molar refractivity (Wildman–Crippen MR) is 78.4 cm³/mol. The highest BCUT2D eigenvalue weighted by Crippen LogP contribution is 2.59. The lowest BCUT2D eigenvalue weighted by molar-refractivity contribution is -0.143. The molecule has 1 aromatic heterocycles. The lowest BCUT2D eigenvalue weighted by atomic mass is 9.90. The molecule has 118 valence electrons. The average molecular weight is 303 g/mol. The van der Waals surface area contributed by atoms with Crippen LogP contribution in [0.4, 0.5) is 0 Å². The lowest BCUT2D eigenvalue weighted by Gasteiger charge is -2.32. The molecule has 22 heavy (non-hydrogen) atoms. The van der Waals surface area contributed by atoms with Crippen molar-refractivity contribution in [2.45, 2.75) is 38.0 Å². The van der Waals surface area contributed by atoms with E-state index in [9.17, 15) is 9.59 Å². The lowest BCUT2D eigenvalue weighted by Crippen LogP contribution is -2.40. The number of hydrogen-bond donors (Lipinski definition) is 0. The van der Waals surface area contributed by atoms with E-state index in [1.165, 1.54) is 7.11 Å². The molecule has 0 bridgehead atoms. The topological polar surface area (TPSA) is 59.8 Å². The van der Waals surface area contributed by atoms with E-state index in [-0.39, 0.29) is 23.2 Å². The number of nitrogens with zero attached hydrogens (tertiary/aromatic N) is 1. The maximum absolute atomic E-state index is 12.7. The van der Waals surface area contributed by atoms with Crippen molar-refractivity contribution in [2.75, 3.05) is 20.2 Å². The zero-order valence-corrected chi connectivity index (χ0v) is 12.8. The molecule has 1 spiro atoms. The number of amides is 1. The Labute approximate surface area is 129 Å². The summed E-state index contributed by atoms with van der Waals surface area (Å²) in [5.74, 6) is 1.35. The van der Waals surface area contributed by atoms with Crippen LogP contribution in [0.25, 0.3) is 0 Å². The number of methoxy groups -OCH3 is 1. The van der Waals surface area contributed by atoms with Crippen LogP contribution in [-0.2, 0) is 9.53 Å². The molecule has 1 saturated heterocycles. The number of ether oxygens (including phenoxy) is 1. The van der Waals surface area contributed by atoms with Gasteiger partial charge in [-0.3, -0.25) is 9.59 Å².